The Morgan fingerprint density at radius 3 is 2.36 bits per heavy atom. The molecular formula is C9H16OSi. The van der Waals surface area contributed by atoms with E-state index in [0.717, 1.165) is 16.7 Å². The van der Waals surface area contributed by atoms with Crippen LogP contribution < -0.4 is 0 Å². The van der Waals surface area contributed by atoms with Crippen molar-refractivity contribution in [1.82, 2.24) is 0 Å². The van der Waals surface area contributed by atoms with E-state index >= 15 is 0 Å². The van der Waals surface area contributed by atoms with E-state index in [2.05, 4.69) is 20.8 Å². The monoisotopic (exact) mass is 168 g/mol. The Morgan fingerprint density at radius 2 is 2.18 bits per heavy atom. The molecule has 0 fully saturated rings. The molecule has 62 valence electrons. The summed E-state index contributed by atoms with van der Waals surface area (Å²) in [5, 5.41) is 10.7. The summed E-state index contributed by atoms with van der Waals surface area (Å²) in [4.78, 5) is 0. The number of aliphatic hydroxyl groups excluding tert-OH is 1. The lowest BCUT2D eigenvalue weighted by Gasteiger charge is -2.21. The van der Waals surface area contributed by atoms with Gasteiger partial charge in [0.15, 0.2) is 0 Å². The molecule has 0 bridgehead atoms. The van der Waals surface area contributed by atoms with Gasteiger partial charge in [0.25, 0.3) is 0 Å². The van der Waals surface area contributed by atoms with E-state index in [-0.39, 0.29) is 5.41 Å². The molecule has 0 spiro atoms. The van der Waals surface area contributed by atoms with Crippen molar-refractivity contribution in [2.45, 2.75) is 27.2 Å². The molecule has 1 aliphatic carbocycles. The number of allylic oxidation sites excluding steroid dienone is 3. The van der Waals surface area contributed by atoms with Crippen molar-refractivity contribution < 1.29 is 5.11 Å². The van der Waals surface area contributed by atoms with Crippen LogP contribution in [0, 0.1) is 5.41 Å². The second-order valence-electron chi connectivity index (χ2n) is 3.55. The summed E-state index contributed by atoms with van der Waals surface area (Å²) in [5.74, 6) is 0.526. The molecule has 11 heavy (non-hydrogen) atoms. The highest BCUT2D eigenvalue weighted by Gasteiger charge is 2.29. The van der Waals surface area contributed by atoms with Gasteiger partial charge in [0.1, 0.15) is 5.76 Å². The number of rotatable bonds is 1. The summed E-state index contributed by atoms with van der Waals surface area (Å²) >= 11 is 0. The highest BCUT2D eigenvalue weighted by atomic mass is 28.1. The molecule has 1 atom stereocenters. The fourth-order valence-electron chi connectivity index (χ4n) is 1.51. The maximum absolute atomic E-state index is 9.47. The molecule has 0 aromatic heterocycles. The van der Waals surface area contributed by atoms with E-state index in [4.69, 9.17) is 0 Å². The predicted octanol–water partition coefficient (Wildman–Crippen LogP) is 1.50. The first-order chi connectivity index (χ1) is 5.01. The molecule has 1 unspecified atom stereocenters. The molecular weight excluding hydrogens is 152 g/mol. The largest absolute Gasteiger partial charge is 0.508 e. The van der Waals surface area contributed by atoms with E-state index in [1.54, 1.807) is 0 Å². The third-order valence-corrected chi connectivity index (χ3v) is 4.26. The highest BCUT2D eigenvalue weighted by Crippen LogP contribution is 2.40. The van der Waals surface area contributed by atoms with Crippen molar-refractivity contribution in [3.8, 4) is 0 Å². The summed E-state index contributed by atoms with van der Waals surface area (Å²) in [6, 6.07) is 0. The van der Waals surface area contributed by atoms with Crippen LogP contribution >= 0.6 is 0 Å². The summed E-state index contributed by atoms with van der Waals surface area (Å²) < 4.78 is 0. The van der Waals surface area contributed by atoms with Gasteiger partial charge in [-0.05, 0) is 24.6 Å². The lowest BCUT2D eigenvalue weighted by atomic mass is 9.83. The number of hydrogen-bond acceptors (Lipinski definition) is 1. The standard InChI is InChI=1S/C9H16OSi/c1-4-9(3)5-7(10)8(11)6(9)2/h5,10H,4H2,1-3,11H3. The summed E-state index contributed by atoms with van der Waals surface area (Å²) in [5.41, 5.74) is 1.51. The summed E-state index contributed by atoms with van der Waals surface area (Å²) in [7, 11) is 0.958. The lowest BCUT2D eigenvalue weighted by molar-refractivity contribution is 0.420. The van der Waals surface area contributed by atoms with E-state index in [1.165, 1.54) is 10.8 Å². The molecule has 1 rings (SSSR count). The van der Waals surface area contributed by atoms with Crippen LogP contribution in [0.3, 0.4) is 0 Å². The van der Waals surface area contributed by atoms with Crippen LogP contribution in [0.4, 0.5) is 0 Å². The highest BCUT2D eigenvalue weighted by molar-refractivity contribution is 6.25. The topological polar surface area (TPSA) is 20.2 Å². The average Bonchev–Trinajstić information content (AvgIpc) is 2.17. The van der Waals surface area contributed by atoms with Gasteiger partial charge in [-0.3, -0.25) is 0 Å². The first-order valence-electron chi connectivity index (χ1n) is 4.11. The van der Waals surface area contributed by atoms with Gasteiger partial charge in [-0.25, -0.2) is 0 Å². The zero-order valence-corrected chi connectivity index (χ0v) is 9.73. The Morgan fingerprint density at radius 1 is 1.64 bits per heavy atom. The maximum Gasteiger partial charge on any atom is 0.110 e. The molecule has 1 nitrogen and oxygen atoms in total. The van der Waals surface area contributed by atoms with Gasteiger partial charge in [-0.15, -0.1) is 0 Å². The van der Waals surface area contributed by atoms with Gasteiger partial charge in [-0.2, -0.15) is 0 Å². The molecule has 0 heterocycles. The molecule has 0 aliphatic heterocycles. The van der Waals surface area contributed by atoms with Crippen LogP contribution in [-0.4, -0.2) is 15.3 Å². The molecule has 0 aromatic carbocycles. The minimum Gasteiger partial charge on any atom is -0.508 e. The molecule has 0 aromatic rings. The van der Waals surface area contributed by atoms with E-state index < -0.39 is 0 Å². The molecule has 1 aliphatic rings. The van der Waals surface area contributed by atoms with Crippen LogP contribution in [0.1, 0.15) is 27.2 Å². The van der Waals surface area contributed by atoms with Crippen molar-refractivity contribution >= 4 is 10.2 Å². The molecule has 0 amide bonds. The summed E-state index contributed by atoms with van der Waals surface area (Å²) in [6.07, 6.45) is 3.07. The van der Waals surface area contributed by atoms with Gasteiger partial charge >= 0.3 is 0 Å². The van der Waals surface area contributed by atoms with Gasteiger partial charge < -0.3 is 5.11 Å². The smallest absolute Gasteiger partial charge is 0.110 e. The van der Waals surface area contributed by atoms with Crippen molar-refractivity contribution in [2.75, 3.05) is 0 Å². The fraction of sp³-hybridized carbons (Fsp3) is 0.556. The zero-order chi connectivity index (χ0) is 8.65. The molecule has 0 saturated carbocycles. The van der Waals surface area contributed by atoms with Crippen LogP contribution in [0.2, 0.25) is 0 Å². The van der Waals surface area contributed by atoms with Crippen LogP contribution in [0.15, 0.2) is 22.6 Å². The van der Waals surface area contributed by atoms with Crippen LogP contribution in [-0.2, 0) is 0 Å². The lowest BCUT2D eigenvalue weighted by Crippen LogP contribution is -2.10. The minimum atomic E-state index is 0.140. The Labute approximate surface area is 71.2 Å². The van der Waals surface area contributed by atoms with E-state index in [0.29, 0.717) is 5.76 Å². The first-order valence-corrected chi connectivity index (χ1v) is 5.11. The third kappa shape index (κ3) is 1.16. The van der Waals surface area contributed by atoms with E-state index in [9.17, 15) is 5.11 Å². The first kappa shape index (κ1) is 8.59. The third-order valence-electron chi connectivity index (χ3n) is 2.99. The van der Waals surface area contributed by atoms with E-state index in [1.807, 2.05) is 6.08 Å². The summed E-state index contributed by atoms with van der Waals surface area (Å²) in [6.45, 7) is 6.47. The van der Waals surface area contributed by atoms with Gasteiger partial charge in [-0.1, -0.05) is 19.4 Å². The van der Waals surface area contributed by atoms with Gasteiger partial charge in [0.05, 0.1) is 0 Å². The predicted molar refractivity (Wildman–Crippen MR) is 51.7 cm³/mol. The van der Waals surface area contributed by atoms with Gasteiger partial charge in [0, 0.05) is 15.7 Å². The Hall–Kier alpha value is -0.503. The fourth-order valence-corrected chi connectivity index (χ4v) is 2.22. The average molecular weight is 168 g/mol. The Balaban J connectivity index is 3.09. The number of aliphatic hydroxyl groups is 1. The second-order valence-corrected chi connectivity index (χ2v) is 4.55. The molecule has 0 saturated heterocycles. The Kier molecular flexibility index (Phi) is 1.97. The quantitative estimate of drug-likeness (QED) is 0.588. The van der Waals surface area contributed by atoms with Crippen molar-refractivity contribution in [3.63, 3.8) is 0 Å². The molecule has 2 heteroatoms. The maximum atomic E-state index is 9.47. The van der Waals surface area contributed by atoms with Crippen molar-refractivity contribution in [1.29, 1.82) is 0 Å². The molecule has 1 N–H and O–H groups in total. The normalized spacial score (nSPS) is 31.4. The molecule has 0 radical (unpaired) electrons. The van der Waals surface area contributed by atoms with Gasteiger partial charge in [0.2, 0.25) is 0 Å². The minimum absolute atomic E-state index is 0.140. The van der Waals surface area contributed by atoms with Crippen molar-refractivity contribution in [2.24, 2.45) is 5.41 Å². The number of hydrogen-bond donors (Lipinski definition) is 1. The zero-order valence-electron chi connectivity index (χ0n) is 7.73. The SMILES string of the molecule is CCC1(C)C=C(O)C([SiH3])=C1C. The van der Waals surface area contributed by atoms with Crippen LogP contribution in [0.25, 0.3) is 0 Å². The Bertz CT molecular complexity index is 240. The van der Waals surface area contributed by atoms with Crippen LogP contribution in [0.5, 0.6) is 0 Å². The van der Waals surface area contributed by atoms with Crippen molar-refractivity contribution in [3.05, 3.63) is 22.6 Å². The second kappa shape index (κ2) is 2.52.